The summed E-state index contributed by atoms with van der Waals surface area (Å²) < 4.78 is 7.10. The van der Waals surface area contributed by atoms with Gasteiger partial charge in [0, 0.05) is 12.1 Å². The Kier molecular flexibility index (Phi) is 4.58. The van der Waals surface area contributed by atoms with E-state index in [4.69, 9.17) is 4.74 Å². The fraction of sp³-hybridized carbons (Fsp3) is 0.208. The third-order valence-corrected chi connectivity index (χ3v) is 5.83. The maximum atomic E-state index is 12.5. The van der Waals surface area contributed by atoms with Crippen LogP contribution in [0.3, 0.4) is 0 Å². The molecule has 7 nitrogen and oxygen atoms in total. The van der Waals surface area contributed by atoms with Crippen LogP contribution in [0.5, 0.6) is 0 Å². The van der Waals surface area contributed by atoms with Crippen molar-refractivity contribution in [3.8, 4) is 11.1 Å². The lowest BCUT2D eigenvalue weighted by molar-refractivity contribution is 0.139. The van der Waals surface area contributed by atoms with Crippen LogP contribution in [-0.4, -0.2) is 27.3 Å². The van der Waals surface area contributed by atoms with E-state index in [0.29, 0.717) is 11.3 Å². The first kappa shape index (κ1) is 19.1. The zero-order valence-corrected chi connectivity index (χ0v) is 17.3. The number of carbonyl (C=O) groups excluding carboxylic acids is 1. The monoisotopic (exact) mass is 414 g/mol. The van der Waals surface area contributed by atoms with Crippen molar-refractivity contribution < 1.29 is 9.53 Å². The van der Waals surface area contributed by atoms with Crippen molar-refractivity contribution in [3.63, 3.8) is 0 Å². The lowest BCUT2D eigenvalue weighted by Gasteiger charge is -2.17. The van der Waals surface area contributed by atoms with Crippen molar-refractivity contribution in [2.75, 3.05) is 6.61 Å². The molecule has 2 N–H and O–H groups in total. The smallest absolute Gasteiger partial charge is 0.407 e. The Balaban J connectivity index is 1.30. The van der Waals surface area contributed by atoms with Crippen LogP contribution in [0.1, 0.15) is 41.4 Å². The number of alkyl carbamates (subject to hydrolysis) is 1. The van der Waals surface area contributed by atoms with Gasteiger partial charge in [0.25, 0.3) is 5.56 Å². The van der Waals surface area contributed by atoms with Crippen LogP contribution < -0.4 is 10.9 Å². The third-order valence-electron chi connectivity index (χ3n) is 5.83. The summed E-state index contributed by atoms with van der Waals surface area (Å²) in [5.41, 5.74) is 5.77. The molecule has 0 radical (unpaired) electrons. The van der Waals surface area contributed by atoms with Crippen molar-refractivity contribution in [1.82, 2.24) is 19.9 Å². The lowest BCUT2D eigenvalue weighted by atomic mass is 9.98. The zero-order chi connectivity index (χ0) is 21.5. The van der Waals surface area contributed by atoms with Gasteiger partial charge in [-0.15, -0.1) is 0 Å². The zero-order valence-electron chi connectivity index (χ0n) is 17.3. The molecule has 0 unspecified atom stereocenters. The van der Waals surface area contributed by atoms with E-state index >= 15 is 0 Å². The van der Waals surface area contributed by atoms with Crippen LogP contribution in [0.15, 0.2) is 65.6 Å². The average molecular weight is 414 g/mol. The number of amides is 1. The number of nitrogens with one attached hydrogen (secondary N) is 2. The number of benzene rings is 2. The molecule has 2 heterocycles. The maximum Gasteiger partial charge on any atom is 0.407 e. The van der Waals surface area contributed by atoms with E-state index in [1.54, 1.807) is 13.1 Å². The number of aromatic amines is 1. The Labute approximate surface area is 178 Å². The Bertz CT molecular complexity index is 1310. The highest BCUT2D eigenvalue weighted by molar-refractivity contribution is 5.79. The molecule has 31 heavy (non-hydrogen) atoms. The maximum absolute atomic E-state index is 12.5. The third kappa shape index (κ3) is 3.28. The second-order valence-electron chi connectivity index (χ2n) is 7.82. The molecule has 0 spiro atoms. The minimum Gasteiger partial charge on any atom is -0.449 e. The fourth-order valence-electron chi connectivity index (χ4n) is 4.28. The molecule has 2 aromatic heterocycles. The van der Waals surface area contributed by atoms with Gasteiger partial charge in [-0.05, 0) is 47.7 Å². The van der Waals surface area contributed by atoms with Gasteiger partial charge in [0.05, 0.1) is 6.04 Å². The summed E-state index contributed by atoms with van der Waals surface area (Å²) in [5.74, 6) is 0.354. The molecule has 156 valence electrons. The fourth-order valence-corrected chi connectivity index (χ4v) is 4.28. The van der Waals surface area contributed by atoms with Gasteiger partial charge in [-0.25, -0.2) is 9.31 Å². The van der Waals surface area contributed by atoms with Crippen LogP contribution in [0.4, 0.5) is 4.79 Å². The Morgan fingerprint density at radius 2 is 1.77 bits per heavy atom. The van der Waals surface area contributed by atoms with E-state index in [0.717, 1.165) is 16.7 Å². The molecule has 1 amide bonds. The van der Waals surface area contributed by atoms with Gasteiger partial charge in [0.2, 0.25) is 0 Å². The largest absolute Gasteiger partial charge is 0.449 e. The minimum atomic E-state index is -0.555. The highest BCUT2D eigenvalue weighted by Gasteiger charge is 2.29. The number of carbonyl (C=O) groups is 1. The number of aromatic nitrogens is 3. The van der Waals surface area contributed by atoms with Gasteiger partial charge in [-0.2, -0.15) is 5.10 Å². The number of hydrogen-bond acceptors (Lipinski definition) is 4. The van der Waals surface area contributed by atoms with E-state index in [1.807, 2.05) is 37.3 Å². The first-order valence-electron chi connectivity index (χ1n) is 10.2. The number of nitrogens with zero attached hydrogens (tertiary/aromatic N) is 2. The van der Waals surface area contributed by atoms with Crippen LogP contribution in [-0.2, 0) is 4.74 Å². The standard InChI is InChI=1S/C24H22N4O3/c1-14-11-12-28-21(14)23(29)26-22(27-28)15(2)25-24(30)31-13-20-18-9-5-3-7-16(18)17-8-4-6-10-19(17)20/h3-12,15,20H,13H2,1-2H3,(H,25,30)(H,26,27,29)/t15-/m0/s1. The van der Waals surface area contributed by atoms with Gasteiger partial charge >= 0.3 is 6.09 Å². The van der Waals surface area contributed by atoms with E-state index in [-0.39, 0.29) is 18.1 Å². The topological polar surface area (TPSA) is 88.5 Å². The summed E-state index contributed by atoms with van der Waals surface area (Å²) in [6.45, 7) is 3.83. The minimum absolute atomic E-state index is 0.00872. The molecule has 0 aliphatic heterocycles. The van der Waals surface area contributed by atoms with Crippen molar-refractivity contribution in [3.05, 3.63) is 93.7 Å². The van der Waals surface area contributed by atoms with E-state index in [1.165, 1.54) is 15.6 Å². The molecule has 0 saturated heterocycles. The van der Waals surface area contributed by atoms with E-state index in [2.05, 4.69) is 39.7 Å². The Morgan fingerprint density at radius 3 is 2.45 bits per heavy atom. The second kappa shape index (κ2) is 7.43. The van der Waals surface area contributed by atoms with Gasteiger partial charge in [0.1, 0.15) is 12.1 Å². The summed E-state index contributed by atoms with van der Waals surface area (Å²) in [6.07, 6.45) is 1.17. The molecule has 2 aromatic carbocycles. The van der Waals surface area contributed by atoms with Crippen LogP contribution in [0, 0.1) is 6.92 Å². The van der Waals surface area contributed by atoms with E-state index < -0.39 is 12.1 Å². The molecular weight excluding hydrogens is 392 g/mol. The molecule has 4 aromatic rings. The highest BCUT2D eigenvalue weighted by Crippen LogP contribution is 2.44. The van der Waals surface area contributed by atoms with Crippen molar-refractivity contribution >= 4 is 11.6 Å². The quantitative estimate of drug-likeness (QED) is 0.530. The molecule has 0 bridgehead atoms. The molecule has 0 fully saturated rings. The second-order valence-corrected chi connectivity index (χ2v) is 7.82. The first-order valence-corrected chi connectivity index (χ1v) is 10.2. The van der Waals surface area contributed by atoms with Crippen LogP contribution in [0.25, 0.3) is 16.6 Å². The molecule has 5 rings (SSSR count). The number of hydrogen-bond donors (Lipinski definition) is 2. The number of H-pyrrole nitrogens is 1. The van der Waals surface area contributed by atoms with Gasteiger partial charge < -0.3 is 15.0 Å². The Morgan fingerprint density at radius 1 is 1.13 bits per heavy atom. The summed E-state index contributed by atoms with van der Waals surface area (Å²) in [5, 5.41) is 7.16. The van der Waals surface area contributed by atoms with Crippen molar-refractivity contribution in [1.29, 1.82) is 0 Å². The SMILES string of the molecule is Cc1ccn2nc([C@H](C)NC(=O)OCC3c4ccccc4-c4ccccc43)[nH]c(=O)c12. The summed E-state index contributed by atoms with van der Waals surface area (Å²) in [4.78, 5) is 27.6. The van der Waals surface area contributed by atoms with Gasteiger partial charge in [-0.1, -0.05) is 48.5 Å². The summed E-state index contributed by atoms with van der Waals surface area (Å²) >= 11 is 0. The van der Waals surface area contributed by atoms with Crippen molar-refractivity contribution in [2.45, 2.75) is 25.8 Å². The van der Waals surface area contributed by atoms with Crippen LogP contribution in [0.2, 0.25) is 0 Å². The number of aryl methyl sites for hydroxylation is 1. The van der Waals surface area contributed by atoms with Gasteiger partial charge in [0.15, 0.2) is 5.82 Å². The molecule has 1 aliphatic rings. The molecule has 1 aliphatic carbocycles. The van der Waals surface area contributed by atoms with Crippen LogP contribution >= 0.6 is 0 Å². The summed E-state index contributed by atoms with van der Waals surface area (Å²) in [7, 11) is 0. The first-order chi connectivity index (χ1) is 15.0. The molecule has 7 heteroatoms. The predicted molar refractivity (Wildman–Crippen MR) is 117 cm³/mol. The Hall–Kier alpha value is -3.87. The number of ether oxygens (including phenoxy) is 1. The molecule has 1 atom stereocenters. The number of rotatable bonds is 4. The van der Waals surface area contributed by atoms with E-state index in [9.17, 15) is 9.59 Å². The summed E-state index contributed by atoms with van der Waals surface area (Å²) in [6, 6.07) is 17.7. The number of fused-ring (bicyclic) bond motifs is 4. The normalized spacial score (nSPS) is 13.6. The van der Waals surface area contributed by atoms with Gasteiger partial charge in [-0.3, -0.25) is 4.79 Å². The molecule has 0 saturated carbocycles. The van der Waals surface area contributed by atoms with Crippen molar-refractivity contribution in [2.24, 2.45) is 0 Å². The highest BCUT2D eigenvalue weighted by atomic mass is 16.5. The lowest BCUT2D eigenvalue weighted by Crippen LogP contribution is -2.31. The molecular formula is C24H22N4O3. The predicted octanol–water partition coefficient (Wildman–Crippen LogP) is 3.93. The average Bonchev–Trinajstić information content (AvgIpc) is 3.30.